The molecule has 0 aliphatic heterocycles. The molecule has 0 aromatic carbocycles. The number of hydrogen-bond acceptors (Lipinski definition) is 2. The van der Waals surface area contributed by atoms with Gasteiger partial charge in [-0.05, 0) is 60.4 Å². The average Bonchev–Trinajstić information content (AvgIpc) is 2.59. The Morgan fingerprint density at radius 3 is 1.95 bits per heavy atom. The third-order valence-electron chi connectivity index (χ3n) is 4.50. The zero-order chi connectivity index (χ0) is 16.1. The van der Waals surface area contributed by atoms with Gasteiger partial charge in [0.2, 0.25) is 0 Å². The van der Waals surface area contributed by atoms with Crippen molar-refractivity contribution >= 4 is 0 Å². The summed E-state index contributed by atoms with van der Waals surface area (Å²) in [5.41, 5.74) is 9.08. The number of aromatic nitrogens is 2. The van der Waals surface area contributed by atoms with Crippen molar-refractivity contribution in [2.45, 2.75) is 66.7 Å². The van der Waals surface area contributed by atoms with E-state index in [1.54, 1.807) is 0 Å². The van der Waals surface area contributed by atoms with Crippen molar-refractivity contribution in [2.75, 3.05) is 0 Å². The summed E-state index contributed by atoms with van der Waals surface area (Å²) in [6.07, 6.45) is 7.02. The molecule has 0 unspecified atom stereocenters. The fourth-order valence-corrected chi connectivity index (χ4v) is 3.42. The summed E-state index contributed by atoms with van der Waals surface area (Å²) in [7, 11) is 0. The second-order valence-corrected chi connectivity index (χ2v) is 5.62. The van der Waals surface area contributed by atoms with Gasteiger partial charge in [0.15, 0.2) is 0 Å². The predicted molar refractivity (Wildman–Crippen MR) is 94.4 cm³/mol. The molecule has 0 atom stereocenters. The lowest BCUT2D eigenvalue weighted by molar-refractivity contribution is 0.894. The first-order chi connectivity index (χ1) is 10.7. The van der Waals surface area contributed by atoms with E-state index in [0.29, 0.717) is 0 Å². The zero-order valence-corrected chi connectivity index (χ0v) is 14.7. The molecule has 118 valence electrons. The molecule has 2 nitrogen and oxygen atoms in total. The monoisotopic (exact) mass is 296 g/mol. The first-order valence-corrected chi connectivity index (χ1v) is 8.69. The van der Waals surface area contributed by atoms with Crippen LogP contribution < -0.4 is 0 Å². The van der Waals surface area contributed by atoms with Gasteiger partial charge in [-0.3, -0.25) is 9.97 Å². The second-order valence-electron chi connectivity index (χ2n) is 5.62. The molecule has 0 aliphatic carbocycles. The van der Waals surface area contributed by atoms with Gasteiger partial charge in [0.25, 0.3) is 0 Å². The standard InChI is InChI=1S/C20H28N2/c1-6-14-12-11-13-21-19(14)20-17(9-4)15(7-2)16(8-3)18(10-5)22-20/h11-13H,6-10H2,1-5H3. The molecule has 0 saturated carbocycles. The Labute approximate surface area is 135 Å². The van der Waals surface area contributed by atoms with Crippen molar-refractivity contribution in [3.05, 3.63) is 46.3 Å². The lowest BCUT2D eigenvalue weighted by Crippen LogP contribution is -2.09. The Bertz CT molecular complexity index is 644. The summed E-state index contributed by atoms with van der Waals surface area (Å²) in [4.78, 5) is 9.73. The summed E-state index contributed by atoms with van der Waals surface area (Å²) in [6, 6.07) is 4.20. The largest absolute Gasteiger partial charge is 0.254 e. The molecule has 0 radical (unpaired) electrons. The SMILES string of the molecule is CCc1cccnc1-c1nc(CC)c(CC)c(CC)c1CC. The van der Waals surface area contributed by atoms with Crippen LogP contribution in [0.1, 0.15) is 62.6 Å². The molecule has 0 N–H and O–H groups in total. The Hall–Kier alpha value is -1.70. The van der Waals surface area contributed by atoms with Gasteiger partial charge in [-0.1, -0.05) is 40.7 Å². The minimum atomic E-state index is 0.988. The Morgan fingerprint density at radius 1 is 0.727 bits per heavy atom. The number of hydrogen-bond donors (Lipinski definition) is 0. The topological polar surface area (TPSA) is 25.8 Å². The van der Waals surface area contributed by atoms with Crippen LogP contribution in [0.3, 0.4) is 0 Å². The number of rotatable bonds is 6. The van der Waals surface area contributed by atoms with Crippen molar-refractivity contribution in [1.29, 1.82) is 0 Å². The first kappa shape index (κ1) is 16.7. The van der Waals surface area contributed by atoms with E-state index in [1.807, 2.05) is 12.3 Å². The van der Waals surface area contributed by atoms with Gasteiger partial charge < -0.3 is 0 Å². The maximum absolute atomic E-state index is 5.06. The summed E-state index contributed by atoms with van der Waals surface area (Å²) in [5, 5.41) is 0. The Balaban J connectivity index is 2.80. The lowest BCUT2D eigenvalue weighted by atomic mass is 9.90. The van der Waals surface area contributed by atoms with Crippen LogP contribution in [0.2, 0.25) is 0 Å². The molecule has 2 heteroatoms. The highest BCUT2D eigenvalue weighted by atomic mass is 14.8. The predicted octanol–water partition coefficient (Wildman–Crippen LogP) is 4.96. The average molecular weight is 296 g/mol. The van der Waals surface area contributed by atoms with Crippen molar-refractivity contribution in [3.63, 3.8) is 0 Å². The summed E-state index contributed by atoms with van der Waals surface area (Å²) in [5.74, 6) is 0. The number of pyridine rings is 2. The smallest absolute Gasteiger partial charge is 0.0927 e. The molecular formula is C20H28N2. The number of nitrogens with zero attached hydrogens (tertiary/aromatic N) is 2. The minimum absolute atomic E-state index is 0.988. The first-order valence-electron chi connectivity index (χ1n) is 8.69. The molecule has 22 heavy (non-hydrogen) atoms. The molecule has 2 heterocycles. The van der Waals surface area contributed by atoms with E-state index in [9.17, 15) is 0 Å². The maximum Gasteiger partial charge on any atom is 0.0927 e. The lowest BCUT2D eigenvalue weighted by Gasteiger charge is -2.20. The fourth-order valence-electron chi connectivity index (χ4n) is 3.42. The molecule has 0 fully saturated rings. The van der Waals surface area contributed by atoms with Crippen molar-refractivity contribution < 1.29 is 0 Å². The highest BCUT2D eigenvalue weighted by Crippen LogP contribution is 2.31. The van der Waals surface area contributed by atoms with Crippen LogP contribution in [0.4, 0.5) is 0 Å². The van der Waals surface area contributed by atoms with Gasteiger partial charge in [-0.15, -0.1) is 0 Å². The Kier molecular flexibility index (Phi) is 5.70. The van der Waals surface area contributed by atoms with Gasteiger partial charge in [-0.2, -0.15) is 0 Å². The maximum atomic E-state index is 5.06. The van der Waals surface area contributed by atoms with E-state index >= 15 is 0 Å². The molecule has 0 aliphatic rings. The van der Waals surface area contributed by atoms with Crippen LogP contribution in [0.5, 0.6) is 0 Å². The van der Waals surface area contributed by atoms with Gasteiger partial charge in [0.1, 0.15) is 0 Å². The third kappa shape index (κ3) is 2.92. The molecular weight excluding hydrogens is 268 g/mol. The van der Waals surface area contributed by atoms with Crippen molar-refractivity contribution in [1.82, 2.24) is 9.97 Å². The summed E-state index contributed by atoms with van der Waals surface area (Å²) >= 11 is 0. The third-order valence-corrected chi connectivity index (χ3v) is 4.50. The van der Waals surface area contributed by atoms with E-state index in [4.69, 9.17) is 4.98 Å². The molecule has 2 aromatic rings. The number of aryl methyl sites for hydroxylation is 2. The van der Waals surface area contributed by atoms with Gasteiger partial charge in [0, 0.05) is 11.9 Å². The second kappa shape index (κ2) is 7.53. The van der Waals surface area contributed by atoms with Crippen LogP contribution >= 0.6 is 0 Å². The summed E-state index contributed by atoms with van der Waals surface area (Å²) in [6.45, 7) is 11.1. The van der Waals surface area contributed by atoms with Crippen molar-refractivity contribution in [3.8, 4) is 11.4 Å². The molecule has 2 aromatic heterocycles. The Morgan fingerprint density at radius 2 is 1.41 bits per heavy atom. The van der Waals surface area contributed by atoms with Gasteiger partial charge >= 0.3 is 0 Å². The van der Waals surface area contributed by atoms with E-state index in [1.165, 1.54) is 27.9 Å². The molecule has 0 saturated heterocycles. The molecule has 2 rings (SSSR count). The molecule has 0 bridgehead atoms. The van der Waals surface area contributed by atoms with Crippen LogP contribution in [0.25, 0.3) is 11.4 Å². The van der Waals surface area contributed by atoms with Gasteiger partial charge in [0.05, 0.1) is 11.4 Å². The van der Waals surface area contributed by atoms with Gasteiger partial charge in [-0.25, -0.2) is 0 Å². The summed E-state index contributed by atoms with van der Waals surface area (Å²) < 4.78 is 0. The van der Waals surface area contributed by atoms with Crippen LogP contribution in [-0.4, -0.2) is 9.97 Å². The highest BCUT2D eigenvalue weighted by molar-refractivity contribution is 5.66. The van der Waals surface area contributed by atoms with E-state index in [-0.39, 0.29) is 0 Å². The molecule has 0 amide bonds. The van der Waals surface area contributed by atoms with Crippen LogP contribution in [-0.2, 0) is 32.1 Å². The van der Waals surface area contributed by atoms with E-state index in [0.717, 1.165) is 43.5 Å². The minimum Gasteiger partial charge on any atom is -0.254 e. The highest BCUT2D eigenvalue weighted by Gasteiger charge is 2.19. The fraction of sp³-hybridized carbons (Fsp3) is 0.500. The van der Waals surface area contributed by atoms with E-state index in [2.05, 4.69) is 45.7 Å². The van der Waals surface area contributed by atoms with Crippen LogP contribution in [0.15, 0.2) is 18.3 Å². The van der Waals surface area contributed by atoms with E-state index < -0.39 is 0 Å². The van der Waals surface area contributed by atoms with Crippen molar-refractivity contribution in [2.24, 2.45) is 0 Å². The van der Waals surface area contributed by atoms with Crippen LogP contribution in [0, 0.1) is 0 Å². The normalized spacial score (nSPS) is 11.0. The quantitative estimate of drug-likeness (QED) is 0.753. The molecule has 0 spiro atoms. The zero-order valence-electron chi connectivity index (χ0n) is 14.7.